The Morgan fingerprint density at radius 2 is 2.36 bits per heavy atom. The zero-order valence-electron chi connectivity index (χ0n) is 7.87. The number of aromatic nitrogens is 1. The minimum Gasteiger partial charge on any atom is -0.350 e. The van der Waals surface area contributed by atoms with Gasteiger partial charge in [-0.05, 0) is 12.3 Å². The van der Waals surface area contributed by atoms with E-state index in [1.807, 2.05) is 6.26 Å². The number of H-pyrrole nitrogens is 1. The van der Waals surface area contributed by atoms with E-state index < -0.39 is 0 Å². The second-order valence-electron chi connectivity index (χ2n) is 2.68. The van der Waals surface area contributed by atoms with Gasteiger partial charge in [0, 0.05) is 18.4 Å². The van der Waals surface area contributed by atoms with Crippen LogP contribution in [0.2, 0.25) is 0 Å². The first kappa shape index (κ1) is 10.8. The lowest BCUT2D eigenvalue weighted by molar-refractivity contribution is 0.0951. The highest BCUT2D eigenvalue weighted by atomic mass is 32.2. The van der Waals surface area contributed by atoms with Gasteiger partial charge in [0.25, 0.3) is 5.91 Å². The highest BCUT2D eigenvalue weighted by Crippen LogP contribution is 1.91. The lowest BCUT2D eigenvalue weighted by atomic mass is 10.3. The van der Waals surface area contributed by atoms with Crippen LogP contribution in [0, 0.1) is 0 Å². The third kappa shape index (κ3) is 3.26. The molecule has 1 aromatic heterocycles. The smallest absolute Gasteiger partial charge is 0.267 e. The molecule has 1 aromatic rings. The van der Waals surface area contributed by atoms with Gasteiger partial charge in [-0.15, -0.1) is 0 Å². The molecular weight excluding hydrogens is 200 g/mol. The summed E-state index contributed by atoms with van der Waals surface area (Å²) in [7, 11) is 0. The van der Waals surface area contributed by atoms with Crippen molar-refractivity contribution in [3.05, 3.63) is 34.2 Å². The number of hydrogen-bond acceptors (Lipinski definition) is 3. The van der Waals surface area contributed by atoms with E-state index in [1.54, 1.807) is 23.9 Å². The largest absolute Gasteiger partial charge is 0.350 e. The summed E-state index contributed by atoms with van der Waals surface area (Å²) < 4.78 is 0. The molecule has 76 valence electrons. The Hall–Kier alpha value is -1.23. The zero-order valence-corrected chi connectivity index (χ0v) is 8.69. The van der Waals surface area contributed by atoms with Crippen LogP contribution in [0.15, 0.2) is 23.0 Å². The first-order valence-electron chi connectivity index (χ1n) is 4.20. The van der Waals surface area contributed by atoms with Gasteiger partial charge in [0.2, 0.25) is 5.56 Å². The summed E-state index contributed by atoms with van der Waals surface area (Å²) in [5.74, 6) is 0.625. The number of hydrogen-bond donors (Lipinski definition) is 2. The number of rotatable bonds is 4. The number of pyridine rings is 1. The van der Waals surface area contributed by atoms with Crippen LogP contribution in [0.1, 0.15) is 10.5 Å². The molecule has 1 rings (SSSR count). The van der Waals surface area contributed by atoms with Crippen LogP contribution in [0.4, 0.5) is 0 Å². The summed E-state index contributed by atoms with van der Waals surface area (Å²) in [6.45, 7) is 0.608. The molecular formula is C9H12N2O2S. The fourth-order valence-electron chi connectivity index (χ4n) is 0.942. The van der Waals surface area contributed by atoms with Crippen LogP contribution >= 0.6 is 11.8 Å². The second kappa shape index (κ2) is 5.49. The summed E-state index contributed by atoms with van der Waals surface area (Å²) in [5, 5.41) is 2.70. The molecule has 2 N–H and O–H groups in total. The summed E-state index contributed by atoms with van der Waals surface area (Å²) in [5.41, 5.74) is 0.0427. The molecule has 0 radical (unpaired) electrons. The SMILES string of the molecule is CSCCNC(=O)c1cccc(=O)[nH]1. The Balaban J connectivity index is 2.56. The maximum absolute atomic E-state index is 11.4. The Labute approximate surface area is 86.1 Å². The van der Waals surface area contributed by atoms with Gasteiger partial charge < -0.3 is 10.3 Å². The van der Waals surface area contributed by atoms with Crippen LogP contribution < -0.4 is 10.9 Å². The van der Waals surface area contributed by atoms with Crippen LogP contribution in [0.5, 0.6) is 0 Å². The fraction of sp³-hybridized carbons (Fsp3) is 0.333. The van der Waals surface area contributed by atoms with Crippen molar-refractivity contribution < 1.29 is 4.79 Å². The topological polar surface area (TPSA) is 62.0 Å². The summed E-state index contributed by atoms with van der Waals surface area (Å²) in [4.78, 5) is 24.7. The molecule has 0 aromatic carbocycles. The highest BCUT2D eigenvalue weighted by molar-refractivity contribution is 7.98. The lowest BCUT2D eigenvalue weighted by Gasteiger charge is -2.02. The van der Waals surface area contributed by atoms with Gasteiger partial charge >= 0.3 is 0 Å². The quantitative estimate of drug-likeness (QED) is 0.713. The Kier molecular flexibility index (Phi) is 4.25. The normalized spacial score (nSPS) is 9.79. The number of nitrogens with one attached hydrogen (secondary N) is 2. The molecule has 0 aliphatic carbocycles. The zero-order chi connectivity index (χ0) is 10.4. The summed E-state index contributed by atoms with van der Waals surface area (Å²) >= 11 is 1.66. The number of carbonyl (C=O) groups excluding carboxylic acids is 1. The summed E-state index contributed by atoms with van der Waals surface area (Å²) in [6, 6.07) is 4.51. The number of amides is 1. The van der Waals surface area contributed by atoms with Gasteiger partial charge in [-0.1, -0.05) is 6.07 Å². The van der Waals surface area contributed by atoms with Gasteiger partial charge in [-0.3, -0.25) is 9.59 Å². The van der Waals surface area contributed by atoms with E-state index in [4.69, 9.17) is 0 Å². The first-order chi connectivity index (χ1) is 6.74. The highest BCUT2D eigenvalue weighted by Gasteiger charge is 2.03. The van der Waals surface area contributed by atoms with Crippen molar-refractivity contribution in [1.29, 1.82) is 0 Å². The van der Waals surface area contributed by atoms with Crippen molar-refractivity contribution in [2.45, 2.75) is 0 Å². The molecule has 1 heterocycles. The van der Waals surface area contributed by atoms with Crippen LogP contribution in [0.3, 0.4) is 0 Å². The summed E-state index contributed by atoms with van der Waals surface area (Å²) in [6.07, 6.45) is 1.97. The number of thioether (sulfide) groups is 1. The minimum absolute atomic E-state index is 0.239. The van der Waals surface area contributed by atoms with Gasteiger partial charge in [0.05, 0.1) is 0 Å². The molecule has 0 unspecified atom stereocenters. The number of carbonyl (C=O) groups is 1. The van der Waals surface area contributed by atoms with Gasteiger partial charge in [-0.2, -0.15) is 11.8 Å². The first-order valence-corrected chi connectivity index (χ1v) is 5.60. The maximum Gasteiger partial charge on any atom is 0.267 e. The Bertz CT molecular complexity index is 362. The predicted octanol–water partition coefficient (Wildman–Crippen LogP) is 0.468. The average Bonchev–Trinajstić information content (AvgIpc) is 2.18. The van der Waals surface area contributed by atoms with E-state index in [9.17, 15) is 9.59 Å². The monoisotopic (exact) mass is 212 g/mol. The molecule has 5 heteroatoms. The standard InChI is InChI=1S/C9H12N2O2S/c1-14-6-5-10-9(13)7-3-2-4-8(12)11-7/h2-4H,5-6H2,1H3,(H,10,13)(H,11,12). The molecule has 0 spiro atoms. The fourth-order valence-corrected chi connectivity index (χ4v) is 1.25. The van der Waals surface area contributed by atoms with Crippen molar-refractivity contribution in [1.82, 2.24) is 10.3 Å². The Morgan fingerprint density at radius 1 is 1.57 bits per heavy atom. The van der Waals surface area contributed by atoms with E-state index >= 15 is 0 Å². The van der Waals surface area contributed by atoms with E-state index in [0.717, 1.165) is 5.75 Å². The average molecular weight is 212 g/mol. The molecule has 0 saturated heterocycles. The molecule has 14 heavy (non-hydrogen) atoms. The van der Waals surface area contributed by atoms with Crippen LogP contribution in [-0.2, 0) is 0 Å². The molecule has 4 nitrogen and oxygen atoms in total. The second-order valence-corrected chi connectivity index (χ2v) is 3.66. The Morgan fingerprint density at radius 3 is 3.00 bits per heavy atom. The van der Waals surface area contributed by atoms with E-state index in [1.165, 1.54) is 6.07 Å². The molecule has 0 bridgehead atoms. The van der Waals surface area contributed by atoms with Gasteiger partial charge in [-0.25, -0.2) is 0 Å². The third-order valence-electron chi connectivity index (χ3n) is 1.60. The molecule has 0 fully saturated rings. The molecule has 0 saturated carbocycles. The maximum atomic E-state index is 11.4. The minimum atomic E-state index is -0.262. The van der Waals surface area contributed by atoms with E-state index in [0.29, 0.717) is 12.2 Å². The van der Waals surface area contributed by atoms with Crippen molar-refractivity contribution in [2.75, 3.05) is 18.6 Å². The van der Waals surface area contributed by atoms with E-state index in [2.05, 4.69) is 10.3 Å². The molecule has 1 amide bonds. The van der Waals surface area contributed by atoms with Gasteiger partial charge in [0.1, 0.15) is 5.69 Å². The van der Waals surface area contributed by atoms with Crippen LogP contribution in [-0.4, -0.2) is 29.4 Å². The molecule has 0 aliphatic rings. The molecule has 0 aliphatic heterocycles. The van der Waals surface area contributed by atoms with Crippen molar-refractivity contribution >= 4 is 17.7 Å². The van der Waals surface area contributed by atoms with Crippen molar-refractivity contribution in [3.63, 3.8) is 0 Å². The van der Waals surface area contributed by atoms with E-state index in [-0.39, 0.29) is 11.5 Å². The third-order valence-corrected chi connectivity index (χ3v) is 2.22. The van der Waals surface area contributed by atoms with Crippen LogP contribution in [0.25, 0.3) is 0 Å². The van der Waals surface area contributed by atoms with Crippen molar-refractivity contribution in [3.8, 4) is 0 Å². The molecule has 0 atom stereocenters. The lowest BCUT2D eigenvalue weighted by Crippen LogP contribution is -2.27. The van der Waals surface area contributed by atoms with Crippen molar-refractivity contribution in [2.24, 2.45) is 0 Å². The number of aromatic amines is 1. The predicted molar refractivity (Wildman–Crippen MR) is 57.8 cm³/mol. The van der Waals surface area contributed by atoms with Gasteiger partial charge in [0.15, 0.2) is 0 Å².